The molecule has 84 valence electrons. The van der Waals surface area contributed by atoms with Crippen LogP contribution in [0.1, 0.15) is 18.1 Å². The molecular formula is C8H13N3O3S. The molecule has 3 N–H and O–H groups in total. The Morgan fingerprint density at radius 3 is 3.00 bits per heavy atom. The molecule has 1 unspecified atom stereocenters. The van der Waals surface area contributed by atoms with Gasteiger partial charge in [-0.15, -0.1) is 0 Å². The maximum Gasteiger partial charge on any atom is 0.320 e. The summed E-state index contributed by atoms with van der Waals surface area (Å²) in [6.45, 7) is 1.75. The van der Waals surface area contributed by atoms with Gasteiger partial charge in [0.1, 0.15) is 6.04 Å². The zero-order chi connectivity index (χ0) is 11.3. The standard InChI is InChI=1S/C8H13N3O3S/c1-5-10-7(14-11-5)4-15-3-2-6(9)8(12)13/h6H,2-4,9H2,1H3,(H,12,13). The Labute approximate surface area is 91.2 Å². The van der Waals surface area contributed by atoms with E-state index in [1.165, 1.54) is 11.8 Å². The number of aliphatic carboxylic acids is 1. The van der Waals surface area contributed by atoms with Gasteiger partial charge in [-0.25, -0.2) is 0 Å². The van der Waals surface area contributed by atoms with Gasteiger partial charge in [0.05, 0.1) is 5.75 Å². The molecule has 0 bridgehead atoms. The third kappa shape index (κ3) is 4.30. The van der Waals surface area contributed by atoms with Crippen LogP contribution in [0.2, 0.25) is 0 Å². The van der Waals surface area contributed by atoms with Crippen LogP contribution in [-0.2, 0) is 10.5 Å². The highest BCUT2D eigenvalue weighted by atomic mass is 32.2. The number of hydrogen-bond donors (Lipinski definition) is 2. The van der Waals surface area contributed by atoms with Crippen LogP contribution in [0.4, 0.5) is 0 Å². The predicted octanol–water partition coefficient (Wildman–Crippen LogP) is 0.413. The maximum atomic E-state index is 10.4. The van der Waals surface area contributed by atoms with E-state index in [4.69, 9.17) is 15.4 Å². The van der Waals surface area contributed by atoms with Crippen molar-refractivity contribution in [2.24, 2.45) is 5.73 Å². The van der Waals surface area contributed by atoms with Gasteiger partial charge in [0, 0.05) is 0 Å². The third-order valence-electron chi connectivity index (χ3n) is 1.69. The molecule has 0 aliphatic carbocycles. The zero-order valence-corrected chi connectivity index (χ0v) is 9.16. The molecule has 0 fully saturated rings. The average molecular weight is 231 g/mol. The highest BCUT2D eigenvalue weighted by Crippen LogP contribution is 2.11. The van der Waals surface area contributed by atoms with Crippen LogP contribution in [0.5, 0.6) is 0 Å². The molecule has 1 heterocycles. The lowest BCUT2D eigenvalue weighted by molar-refractivity contribution is -0.138. The molecule has 7 heteroatoms. The van der Waals surface area contributed by atoms with Crippen molar-refractivity contribution in [1.29, 1.82) is 0 Å². The molecule has 0 spiro atoms. The Morgan fingerprint density at radius 2 is 2.47 bits per heavy atom. The van der Waals surface area contributed by atoms with E-state index in [1.807, 2.05) is 0 Å². The van der Waals surface area contributed by atoms with Gasteiger partial charge in [-0.3, -0.25) is 4.79 Å². The lowest BCUT2D eigenvalue weighted by atomic mass is 10.2. The topological polar surface area (TPSA) is 102 Å². The van der Waals surface area contributed by atoms with E-state index in [1.54, 1.807) is 6.92 Å². The van der Waals surface area contributed by atoms with Gasteiger partial charge in [0.15, 0.2) is 5.82 Å². The molecule has 15 heavy (non-hydrogen) atoms. The maximum absolute atomic E-state index is 10.4. The largest absolute Gasteiger partial charge is 0.480 e. The number of aromatic nitrogens is 2. The van der Waals surface area contributed by atoms with Crippen molar-refractivity contribution in [2.75, 3.05) is 5.75 Å². The second-order valence-electron chi connectivity index (χ2n) is 3.02. The second-order valence-corrected chi connectivity index (χ2v) is 4.13. The van der Waals surface area contributed by atoms with Crippen molar-refractivity contribution in [1.82, 2.24) is 10.1 Å². The highest BCUT2D eigenvalue weighted by molar-refractivity contribution is 7.98. The number of rotatable bonds is 6. The summed E-state index contributed by atoms with van der Waals surface area (Å²) in [5.74, 6) is 1.45. The quantitative estimate of drug-likeness (QED) is 0.683. The molecular weight excluding hydrogens is 218 g/mol. The Morgan fingerprint density at radius 1 is 1.73 bits per heavy atom. The molecule has 0 aliphatic rings. The highest BCUT2D eigenvalue weighted by Gasteiger charge is 2.11. The van der Waals surface area contributed by atoms with E-state index in [0.29, 0.717) is 29.6 Å². The first-order valence-electron chi connectivity index (χ1n) is 4.45. The van der Waals surface area contributed by atoms with E-state index >= 15 is 0 Å². The molecule has 0 radical (unpaired) electrons. The number of nitrogens with two attached hydrogens (primary N) is 1. The van der Waals surface area contributed by atoms with Gasteiger partial charge in [0.2, 0.25) is 5.89 Å². The Kier molecular flexibility index (Phi) is 4.57. The number of thioether (sulfide) groups is 1. The molecule has 1 aromatic heterocycles. The van der Waals surface area contributed by atoms with E-state index in [9.17, 15) is 4.79 Å². The summed E-state index contributed by atoms with van der Waals surface area (Å²) in [4.78, 5) is 14.4. The summed E-state index contributed by atoms with van der Waals surface area (Å²) in [6.07, 6.45) is 0.438. The summed E-state index contributed by atoms with van der Waals surface area (Å²) in [7, 11) is 0. The van der Waals surface area contributed by atoms with Gasteiger partial charge >= 0.3 is 5.97 Å². The Balaban J connectivity index is 2.14. The fourth-order valence-electron chi connectivity index (χ4n) is 0.892. The molecule has 0 saturated heterocycles. The summed E-state index contributed by atoms with van der Waals surface area (Å²) in [5.41, 5.74) is 5.34. The van der Waals surface area contributed by atoms with Gasteiger partial charge in [-0.1, -0.05) is 5.16 Å². The molecule has 0 saturated carbocycles. The lowest BCUT2D eigenvalue weighted by Crippen LogP contribution is -2.30. The van der Waals surface area contributed by atoms with E-state index in [2.05, 4.69) is 10.1 Å². The first-order valence-corrected chi connectivity index (χ1v) is 5.60. The summed E-state index contributed by atoms with van der Waals surface area (Å²) < 4.78 is 4.89. The fourth-order valence-corrected chi connectivity index (χ4v) is 1.75. The first kappa shape index (κ1) is 12.0. The van der Waals surface area contributed by atoms with Crippen molar-refractivity contribution in [3.63, 3.8) is 0 Å². The van der Waals surface area contributed by atoms with Crippen molar-refractivity contribution in [3.05, 3.63) is 11.7 Å². The number of hydrogen-bond acceptors (Lipinski definition) is 6. The molecule has 6 nitrogen and oxygen atoms in total. The van der Waals surface area contributed by atoms with E-state index in [-0.39, 0.29) is 0 Å². The minimum atomic E-state index is -0.968. The predicted molar refractivity (Wildman–Crippen MR) is 55.4 cm³/mol. The summed E-state index contributed by atoms with van der Waals surface area (Å²) in [5, 5.41) is 12.2. The molecule has 1 atom stereocenters. The average Bonchev–Trinajstić information content (AvgIpc) is 2.58. The van der Waals surface area contributed by atoms with Crippen LogP contribution < -0.4 is 5.73 Å². The summed E-state index contributed by atoms with van der Waals surface area (Å²) in [6, 6.07) is -0.790. The minimum absolute atomic E-state index is 0.438. The number of carbonyl (C=O) groups is 1. The minimum Gasteiger partial charge on any atom is -0.480 e. The van der Waals surface area contributed by atoms with Gasteiger partial charge < -0.3 is 15.4 Å². The number of carboxylic acid groups (broad SMARTS) is 1. The third-order valence-corrected chi connectivity index (χ3v) is 2.66. The van der Waals surface area contributed by atoms with Gasteiger partial charge in [-0.2, -0.15) is 16.7 Å². The van der Waals surface area contributed by atoms with Crippen molar-refractivity contribution < 1.29 is 14.4 Å². The smallest absolute Gasteiger partial charge is 0.320 e. The van der Waals surface area contributed by atoms with Crippen LogP contribution in [0.15, 0.2) is 4.52 Å². The second kappa shape index (κ2) is 5.72. The zero-order valence-electron chi connectivity index (χ0n) is 8.34. The SMILES string of the molecule is Cc1noc(CSCCC(N)C(=O)O)n1. The number of aryl methyl sites for hydroxylation is 1. The lowest BCUT2D eigenvalue weighted by Gasteiger charge is -2.03. The van der Waals surface area contributed by atoms with Crippen molar-refractivity contribution in [3.8, 4) is 0 Å². The van der Waals surface area contributed by atoms with Gasteiger partial charge in [0.25, 0.3) is 0 Å². The van der Waals surface area contributed by atoms with Crippen LogP contribution in [0.25, 0.3) is 0 Å². The van der Waals surface area contributed by atoms with Crippen LogP contribution in [0.3, 0.4) is 0 Å². The van der Waals surface area contributed by atoms with Crippen molar-refractivity contribution in [2.45, 2.75) is 25.1 Å². The molecule has 0 aromatic carbocycles. The normalized spacial score (nSPS) is 12.7. The van der Waals surface area contributed by atoms with Crippen LogP contribution in [0, 0.1) is 6.92 Å². The Hall–Kier alpha value is -1.08. The molecule has 0 amide bonds. The molecule has 0 aliphatic heterocycles. The monoisotopic (exact) mass is 231 g/mol. The van der Waals surface area contributed by atoms with E-state index in [0.717, 1.165) is 0 Å². The molecule has 1 rings (SSSR count). The van der Waals surface area contributed by atoms with Crippen LogP contribution in [-0.4, -0.2) is 33.0 Å². The van der Waals surface area contributed by atoms with Gasteiger partial charge in [-0.05, 0) is 19.1 Å². The first-order chi connectivity index (χ1) is 7.09. The van der Waals surface area contributed by atoms with E-state index < -0.39 is 12.0 Å². The fraction of sp³-hybridized carbons (Fsp3) is 0.625. The summed E-state index contributed by atoms with van der Waals surface area (Å²) >= 11 is 1.53. The van der Waals surface area contributed by atoms with Crippen LogP contribution >= 0.6 is 11.8 Å². The van der Waals surface area contributed by atoms with Crippen molar-refractivity contribution >= 4 is 17.7 Å². The molecule has 1 aromatic rings. The number of carboxylic acids is 1. The Bertz CT molecular complexity index is 329. The number of nitrogens with zero attached hydrogens (tertiary/aromatic N) is 2.